The first-order valence-electron chi connectivity index (χ1n) is 35.1. The topological polar surface area (TPSA) is 241 Å². The summed E-state index contributed by atoms with van der Waals surface area (Å²) in [6.07, 6.45) is 20.8. The van der Waals surface area contributed by atoms with E-state index in [1.54, 1.807) is 14.2 Å². The van der Waals surface area contributed by atoms with Crippen LogP contribution < -0.4 is 10.6 Å². The van der Waals surface area contributed by atoms with Crippen LogP contribution in [-0.2, 0) is 99.6 Å². The molecule has 23 nitrogen and oxygen atoms in total. The Balaban J connectivity index is 1.87. The van der Waals surface area contributed by atoms with E-state index < -0.39 is 128 Å². The lowest BCUT2D eigenvalue weighted by atomic mass is 9.88. The van der Waals surface area contributed by atoms with Crippen LogP contribution in [0.2, 0.25) is 0 Å². The van der Waals surface area contributed by atoms with Crippen LogP contribution >= 0.6 is 0 Å². The molecule has 0 bridgehead atoms. The molecule has 3 aliphatic rings. The molecule has 93 heavy (non-hydrogen) atoms. The second-order valence-corrected chi connectivity index (χ2v) is 25.5. The molecule has 23 heteroatoms. The average molecular weight is 1340 g/mol. The maximum atomic E-state index is 14.5. The third-order valence-corrected chi connectivity index (χ3v) is 18.9. The second kappa shape index (κ2) is 49.9. The van der Waals surface area contributed by atoms with E-state index >= 15 is 0 Å². The van der Waals surface area contributed by atoms with Crippen LogP contribution in [-0.4, -0.2) is 239 Å². The Morgan fingerprint density at radius 2 is 1.13 bits per heavy atom. The van der Waals surface area contributed by atoms with E-state index in [1.807, 2.05) is 13.0 Å². The Morgan fingerprint density at radius 1 is 0.581 bits per heavy atom. The summed E-state index contributed by atoms with van der Waals surface area (Å²) in [5, 5.41) is 6.26. The van der Waals surface area contributed by atoms with Gasteiger partial charge in [-0.15, -0.1) is 0 Å². The fraction of sp³-hybridized carbons (Fsp3) is 0.929. The molecule has 0 aromatic heterocycles. The summed E-state index contributed by atoms with van der Waals surface area (Å²) in [6.45, 7) is 7.80. The molecule has 1 unspecified atom stereocenters. The number of hydrogen-bond donors (Lipinski definition) is 2. The van der Waals surface area contributed by atoms with E-state index in [9.17, 15) is 14.4 Å². The van der Waals surface area contributed by atoms with Crippen molar-refractivity contribution >= 4 is 17.8 Å². The van der Waals surface area contributed by atoms with Gasteiger partial charge in [-0.2, -0.15) is 0 Å². The summed E-state index contributed by atoms with van der Waals surface area (Å²) >= 11 is 0. The maximum Gasteiger partial charge on any atom is 0.366 e. The minimum absolute atomic E-state index is 0.0252. The Labute approximate surface area is 560 Å². The van der Waals surface area contributed by atoms with Gasteiger partial charge in [0.2, 0.25) is 11.8 Å². The summed E-state index contributed by atoms with van der Waals surface area (Å²) in [5.41, 5.74) is 0. The highest BCUT2D eigenvalue weighted by atomic mass is 16.8. The van der Waals surface area contributed by atoms with Gasteiger partial charge >= 0.3 is 5.97 Å². The largest absolute Gasteiger partial charge is 0.465 e. The molecule has 3 heterocycles. The quantitative estimate of drug-likeness (QED) is 0.0327. The Morgan fingerprint density at radius 3 is 1.65 bits per heavy atom. The number of amides is 2. The lowest BCUT2D eigenvalue weighted by Crippen LogP contribution is -2.69. The summed E-state index contributed by atoms with van der Waals surface area (Å²) < 4.78 is 110. The highest BCUT2D eigenvalue weighted by molar-refractivity contribution is 5.79. The van der Waals surface area contributed by atoms with Gasteiger partial charge in [0.15, 0.2) is 12.6 Å². The van der Waals surface area contributed by atoms with Crippen molar-refractivity contribution in [2.75, 3.05) is 112 Å². The second-order valence-electron chi connectivity index (χ2n) is 25.5. The number of carbonyl (C=O) groups excluding carboxylic acids is 3. The van der Waals surface area contributed by atoms with Gasteiger partial charge in [-0.1, -0.05) is 168 Å². The van der Waals surface area contributed by atoms with Crippen molar-refractivity contribution in [1.29, 1.82) is 0 Å². The highest BCUT2D eigenvalue weighted by Gasteiger charge is 2.59. The van der Waals surface area contributed by atoms with Gasteiger partial charge in [0.05, 0.1) is 57.3 Å². The van der Waals surface area contributed by atoms with Crippen LogP contribution in [0.4, 0.5) is 0 Å². The van der Waals surface area contributed by atoms with E-state index in [0.29, 0.717) is 6.42 Å². The van der Waals surface area contributed by atoms with Crippen molar-refractivity contribution in [3.8, 4) is 0 Å². The van der Waals surface area contributed by atoms with Crippen molar-refractivity contribution in [2.45, 2.75) is 304 Å². The van der Waals surface area contributed by atoms with Gasteiger partial charge in [-0.05, 0) is 32.1 Å². The Hall–Kier alpha value is -2.53. The molecule has 0 spiro atoms. The number of nitrogens with one attached hydrogen (secondary N) is 2. The van der Waals surface area contributed by atoms with Crippen molar-refractivity contribution in [1.82, 2.24) is 10.6 Å². The number of esters is 1. The zero-order valence-electron chi connectivity index (χ0n) is 60.3. The Bertz CT molecular complexity index is 1950. The van der Waals surface area contributed by atoms with Crippen molar-refractivity contribution in [2.24, 2.45) is 5.92 Å². The zero-order valence-corrected chi connectivity index (χ0v) is 60.3. The fourth-order valence-corrected chi connectivity index (χ4v) is 13.1. The van der Waals surface area contributed by atoms with Gasteiger partial charge in [0.25, 0.3) is 5.79 Å². The monoisotopic (exact) mass is 1330 g/mol. The predicted octanol–water partition coefficient (Wildman–Crippen LogP) is 9.91. The van der Waals surface area contributed by atoms with Gasteiger partial charge in [0.1, 0.15) is 67.6 Å². The molecule has 546 valence electrons. The van der Waals surface area contributed by atoms with Crippen LogP contribution in [0.1, 0.15) is 195 Å². The number of rotatable bonds is 54. The van der Waals surface area contributed by atoms with Crippen LogP contribution in [0.5, 0.6) is 0 Å². The number of ether oxygens (including phenoxy) is 18. The standard InChI is InChI=1S/C70H130N2O21/c1-17-19-20-21-22-23-24-25-26-27-28-29-34-37-40-43-56(73)71-51(52(77-6)42-39-36-33-31-30-32-35-38-41-49(3)18-2)45-88-68-66(86-15)64(84-13)61(82-11)55(92-68)47-90-70(69(75)87-16)44-53(78-7)58(62(93-70)60(81-10)54(79-8)46-76-5)72-57(74)48-89-67-65(85-14)63(83-12)59(80-9)50(4)91-67/h39,42,49-55,58-68H,17-38,40-41,43-48H2,1-16H3,(H,71,73)(H,72,74)/b42-39+/t49?,50-,51-,52+,53-,54-,55+,58+,59+,60-,61+,62+,63+,64-,65-,66+,67+,68+,70+/m0/s1. The molecule has 2 N–H and O–H groups in total. The number of allylic oxidation sites excluding steroid dienone is 1. The summed E-state index contributed by atoms with van der Waals surface area (Å²) in [6, 6.07) is -1.65. The van der Waals surface area contributed by atoms with E-state index in [1.165, 1.54) is 187 Å². The first-order valence-corrected chi connectivity index (χ1v) is 35.1. The molecule has 19 atom stereocenters. The molecule has 3 aliphatic heterocycles. The van der Waals surface area contributed by atoms with E-state index in [4.69, 9.17) is 85.3 Å². The molecule has 2 amide bonds. The molecular formula is C70H130N2O21. The predicted molar refractivity (Wildman–Crippen MR) is 354 cm³/mol. The maximum absolute atomic E-state index is 14.5. The van der Waals surface area contributed by atoms with Crippen LogP contribution in [0.25, 0.3) is 0 Å². The summed E-state index contributed by atoms with van der Waals surface area (Å²) in [5.74, 6) is -3.04. The fourth-order valence-electron chi connectivity index (χ4n) is 13.1. The van der Waals surface area contributed by atoms with E-state index in [0.717, 1.165) is 44.4 Å². The number of hydrogen-bond acceptors (Lipinski definition) is 21. The number of unbranched alkanes of at least 4 members (excludes halogenated alkanes) is 20. The van der Waals surface area contributed by atoms with Gasteiger partial charge < -0.3 is 95.9 Å². The molecule has 0 aromatic carbocycles. The minimum atomic E-state index is -2.23. The van der Waals surface area contributed by atoms with E-state index in [-0.39, 0.29) is 32.1 Å². The molecule has 3 saturated heterocycles. The zero-order chi connectivity index (χ0) is 68.4. The number of carbonyl (C=O) groups is 3. The Kier molecular flexibility index (Phi) is 45.4. The van der Waals surface area contributed by atoms with Crippen LogP contribution in [0.15, 0.2) is 12.2 Å². The third kappa shape index (κ3) is 28.7. The van der Waals surface area contributed by atoms with Crippen LogP contribution in [0, 0.1) is 5.92 Å². The third-order valence-electron chi connectivity index (χ3n) is 18.9. The molecular weight excluding hydrogens is 1200 g/mol. The van der Waals surface area contributed by atoms with Crippen LogP contribution in [0.3, 0.4) is 0 Å². The van der Waals surface area contributed by atoms with Gasteiger partial charge in [-0.25, -0.2) is 4.79 Å². The highest BCUT2D eigenvalue weighted by Crippen LogP contribution is 2.38. The molecule has 0 aliphatic carbocycles. The molecule has 0 aromatic rings. The molecule has 0 radical (unpaired) electrons. The minimum Gasteiger partial charge on any atom is -0.465 e. The summed E-state index contributed by atoms with van der Waals surface area (Å²) in [4.78, 5) is 42.5. The first-order chi connectivity index (χ1) is 45.1. The summed E-state index contributed by atoms with van der Waals surface area (Å²) in [7, 11) is 17.8. The van der Waals surface area contributed by atoms with E-state index in [2.05, 4.69) is 37.5 Å². The van der Waals surface area contributed by atoms with Crippen molar-refractivity contribution in [3.63, 3.8) is 0 Å². The molecule has 3 rings (SSSR count). The average Bonchev–Trinajstić information content (AvgIpc) is 0.792. The van der Waals surface area contributed by atoms with Gasteiger partial charge in [-0.3, -0.25) is 9.59 Å². The molecule has 0 saturated carbocycles. The lowest BCUT2D eigenvalue weighted by molar-refractivity contribution is -0.345. The van der Waals surface area contributed by atoms with Gasteiger partial charge in [0, 0.05) is 91.0 Å². The smallest absolute Gasteiger partial charge is 0.366 e. The lowest BCUT2D eigenvalue weighted by Gasteiger charge is -2.50. The van der Waals surface area contributed by atoms with Crippen molar-refractivity contribution < 1.29 is 99.6 Å². The van der Waals surface area contributed by atoms with Crippen molar-refractivity contribution in [3.05, 3.63) is 12.2 Å². The first kappa shape index (κ1) is 84.7. The SMILES string of the molecule is CCCCCCCCCCCCCCCCCC(=O)N[C@@H](CO[C@@H]1O[C@H](CO[C@]2(C(=O)OC)C[C@H](OC)[C@@H](NC(=O)CO[C@@H]3O[C@@H](C)[C@@H](OC)[C@@H](OC)[C@@H]3OC)[C@H]([C@@H](OC)[C@H](COC)OC)O2)[C@@H](OC)[C@H](OC)[C@H]1OC)[C@@H](/C=C/CCCCCCCCC(C)CC)OC. The normalized spacial score (nSPS) is 28.4. The number of methoxy groups -OCH3 is 12. The molecule has 3 fully saturated rings.